The highest BCUT2D eigenvalue weighted by atomic mass is 32.2. The van der Waals surface area contributed by atoms with Crippen molar-refractivity contribution >= 4 is 16.0 Å². The van der Waals surface area contributed by atoms with E-state index >= 15 is 0 Å². The monoisotopic (exact) mass is 239 g/mol. The average molecular weight is 239 g/mol. The molecule has 0 aromatic rings. The first kappa shape index (κ1) is 14.3. The molecule has 90 valence electrons. The zero-order valence-electron chi connectivity index (χ0n) is 8.89. The molecule has 0 aliphatic heterocycles. The fourth-order valence-corrected chi connectivity index (χ4v) is 1.82. The number of methoxy groups -OCH3 is 1. The van der Waals surface area contributed by atoms with Gasteiger partial charge >= 0.3 is 5.97 Å². The van der Waals surface area contributed by atoms with Crippen molar-refractivity contribution in [2.45, 2.75) is 25.9 Å². The molecular weight excluding hydrogens is 222 g/mol. The summed E-state index contributed by atoms with van der Waals surface area (Å²) in [7, 11) is -2.24. The van der Waals surface area contributed by atoms with Crippen LogP contribution >= 0.6 is 0 Å². The molecule has 0 aliphatic rings. The first-order valence-corrected chi connectivity index (χ1v) is 6.25. The van der Waals surface area contributed by atoms with Crippen LogP contribution in [0.15, 0.2) is 0 Å². The molecule has 0 radical (unpaired) electrons. The molecule has 6 nitrogen and oxygen atoms in total. The van der Waals surface area contributed by atoms with Gasteiger partial charge < -0.3 is 9.84 Å². The maximum absolute atomic E-state index is 11.2. The number of aliphatic hydroxyl groups is 1. The van der Waals surface area contributed by atoms with Gasteiger partial charge in [0.2, 0.25) is 10.0 Å². The molecule has 0 amide bonds. The number of nitrogens with one attached hydrogen (secondary N) is 1. The van der Waals surface area contributed by atoms with Crippen LogP contribution in [-0.2, 0) is 19.6 Å². The second-order valence-corrected chi connectivity index (χ2v) is 5.10. The van der Waals surface area contributed by atoms with Crippen LogP contribution in [0.2, 0.25) is 0 Å². The smallest absolute Gasteiger partial charge is 0.306 e. The molecule has 1 atom stereocenters. The predicted molar refractivity (Wildman–Crippen MR) is 54.7 cm³/mol. The van der Waals surface area contributed by atoms with Gasteiger partial charge in [-0.15, -0.1) is 0 Å². The number of sulfonamides is 1. The molecule has 0 heterocycles. The number of aliphatic hydroxyl groups excluding tert-OH is 1. The van der Waals surface area contributed by atoms with E-state index in [0.29, 0.717) is 6.42 Å². The topological polar surface area (TPSA) is 92.7 Å². The molecule has 0 rings (SSSR count). The average Bonchev–Trinajstić information content (AvgIpc) is 2.13. The van der Waals surface area contributed by atoms with Crippen LogP contribution in [0.1, 0.15) is 19.8 Å². The van der Waals surface area contributed by atoms with E-state index in [-0.39, 0.29) is 18.7 Å². The normalized spacial score (nSPS) is 13.5. The quantitative estimate of drug-likeness (QED) is 0.570. The molecule has 0 fully saturated rings. The number of carbonyl (C=O) groups is 1. The lowest BCUT2D eigenvalue weighted by Crippen LogP contribution is -2.29. The Morgan fingerprint density at radius 1 is 1.53 bits per heavy atom. The van der Waals surface area contributed by atoms with Crippen LogP contribution in [0.5, 0.6) is 0 Å². The molecule has 0 saturated heterocycles. The predicted octanol–water partition coefficient (Wildman–Crippen LogP) is -0.760. The van der Waals surface area contributed by atoms with Gasteiger partial charge in [0.15, 0.2) is 0 Å². The second kappa shape index (κ2) is 6.76. The van der Waals surface area contributed by atoms with E-state index in [2.05, 4.69) is 9.46 Å². The molecular formula is C8H17NO5S. The molecule has 0 aromatic carbocycles. The van der Waals surface area contributed by atoms with Crippen LogP contribution in [-0.4, -0.2) is 45.0 Å². The summed E-state index contributed by atoms with van der Waals surface area (Å²) in [5.74, 6) is -0.852. The highest BCUT2D eigenvalue weighted by molar-refractivity contribution is 7.89. The van der Waals surface area contributed by atoms with Gasteiger partial charge in [-0.1, -0.05) is 0 Å². The summed E-state index contributed by atoms with van der Waals surface area (Å²) in [6, 6.07) is 0. The van der Waals surface area contributed by atoms with E-state index in [1.54, 1.807) is 6.92 Å². The zero-order valence-corrected chi connectivity index (χ0v) is 9.71. The van der Waals surface area contributed by atoms with Crippen molar-refractivity contribution < 1.29 is 23.1 Å². The van der Waals surface area contributed by atoms with Crippen LogP contribution in [0, 0.1) is 0 Å². The largest absolute Gasteiger partial charge is 0.469 e. The maximum atomic E-state index is 11.2. The molecule has 15 heavy (non-hydrogen) atoms. The molecule has 2 N–H and O–H groups in total. The van der Waals surface area contributed by atoms with Gasteiger partial charge in [-0.25, -0.2) is 13.1 Å². The van der Waals surface area contributed by atoms with Gasteiger partial charge in [0, 0.05) is 6.54 Å². The van der Waals surface area contributed by atoms with Gasteiger partial charge in [0.25, 0.3) is 0 Å². The number of esters is 1. The van der Waals surface area contributed by atoms with Gasteiger partial charge in [0.05, 0.1) is 25.4 Å². The summed E-state index contributed by atoms with van der Waals surface area (Å²) in [5, 5.41) is 8.90. The number of hydrogen-bond acceptors (Lipinski definition) is 5. The van der Waals surface area contributed by atoms with Crippen molar-refractivity contribution in [3.63, 3.8) is 0 Å². The van der Waals surface area contributed by atoms with Crippen LogP contribution in [0.25, 0.3) is 0 Å². The highest BCUT2D eigenvalue weighted by Crippen LogP contribution is 1.93. The standard InChI is InChI=1S/C8H17NO5S/c1-7(10)3-5-9-15(12,13)6-4-8(11)14-2/h7,9-10H,3-6H2,1-2H3. The Bertz CT molecular complexity index is 285. The SMILES string of the molecule is COC(=O)CCS(=O)(=O)NCCC(C)O. The minimum absolute atomic E-state index is 0.166. The summed E-state index contributed by atoms with van der Waals surface area (Å²) in [6.07, 6.45) is -0.369. The molecule has 0 aromatic heterocycles. The molecule has 1 unspecified atom stereocenters. The van der Waals surface area contributed by atoms with E-state index in [9.17, 15) is 13.2 Å². The van der Waals surface area contributed by atoms with E-state index in [1.165, 1.54) is 7.11 Å². The van der Waals surface area contributed by atoms with Crippen molar-refractivity contribution in [3.8, 4) is 0 Å². The first-order chi connectivity index (χ1) is 6.87. The highest BCUT2D eigenvalue weighted by Gasteiger charge is 2.12. The summed E-state index contributed by atoms with van der Waals surface area (Å²) in [5.41, 5.74) is 0. The lowest BCUT2D eigenvalue weighted by molar-refractivity contribution is -0.140. The first-order valence-electron chi connectivity index (χ1n) is 4.59. The lowest BCUT2D eigenvalue weighted by Gasteiger charge is -2.07. The number of hydrogen-bond donors (Lipinski definition) is 2. The second-order valence-electron chi connectivity index (χ2n) is 3.18. The summed E-state index contributed by atoms with van der Waals surface area (Å²) in [6.45, 7) is 1.74. The third-order valence-electron chi connectivity index (χ3n) is 1.69. The van der Waals surface area contributed by atoms with Crippen molar-refractivity contribution in [2.75, 3.05) is 19.4 Å². The molecule has 0 bridgehead atoms. The van der Waals surface area contributed by atoms with Crippen LogP contribution < -0.4 is 4.72 Å². The van der Waals surface area contributed by atoms with Crippen molar-refractivity contribution in [2.24, 2.45) is 0 Å². The minimum Gasteiger partial charge on any atom is -0.469 e. The zero-order chi connectivity index (χ0) is 11.9. The Morgan fingerprint density at radius 2 is 2.13 bits per heavy atom. The number of ether oxygens (including phenoxy) is 1. The summed E-state index contributed by atoms with van der Waals surface area (Å²) in [4.78, 5) is 10.7. The molecule has 0 saturated carbocycles. The lowest BCUT2D eigenvalue weighted by atomic mass is 10.3. The Balaban J connectivity index is 3.83. The fraction of sp³-hybridized carbons (Fsp3) is 0.875. The Hall–Kier alpha value is -0.660. The van der Waals surface area contributed by atoms with Crippen molar-refractivity contribution in [1.82, 2.24) is 4.72 Å². The Morgan fingerprint density at radius 3 is 2.60 bits per heavy atom. The fourth-order valence-electron chi connectivity index (χ4n) is 0.815. The number of rotatable bonds is 7. The van der Waals surface area contributed by atoms with Gasteiger partial charge in [-0.2, -0.15) is 0 Å². The Labute approximate surface area is 89.7 Å². The van der Waals surface area contributed by atoms with E-state index in [1.807, 2.05) is 0 Å². The third kappa shape index (κ3) is 8.34. The van der Waals surface area contributed by atoms with E-state index in [0.717, 1.165) is 0 Å². The van der Waals surface area contributed by atoms with Gasteiger partial charge in [-0.3, -0.25) is 4.79 Å². The van der Waals surface area contributed by atoms with Crippen molar-refractivity contribution in [3.05, 3.63) is 0 Å². The molecule has 7 heteroatoms. The summed E-state index contributed by atoms with van der Waals surface area (Å²) >= 11 is 0. The van der Waals surface area contributed by atoms with Crippen molar-refractivity contribution in [1.29, 1.82) is 0 Å². The van der Waals surface area contributed by atoms with Gasteiger partial charge in [-0.05, 0) is 13.3 Å². The van der Waals surface area contributed by atoms with Crippen LogP contribution in [0.4, 0.5) is 0 Å². The summed E-state index contributed by atoms with van der Waals surface area (Å²) < 4.78 is 29.1. The van der Waals surface area contributed by atoms with Crippen LogP contribution in [0.3, 0.4) is 0 Å². The van der Waals surface area contributed by atoms with E-state index < -0.39 is 22.1 Å². The molecule has 0 spiro atoms. The maximum Gasteiger partial charge on any atom is 0.306 e. The molecule has 0 aliphatic carbocycles. The third-order valence-corrected chi connectivity index (χ3v) is 3.07. The number of carbonyl (C=O) groups excluding carboxylic acids is 1. The minimum atomic E-state index is -3.44. The van der Waals surface area contributed by atoms with Gasteiger partial charge in [0.1, 0.15) is 0 Å². The Kier molecular flexibility index (Phi) is 6.46. The van der Waals surface area contributed by atoms with E-state index in [4.69, 9.17) is 5.11 Å².